The molecule has 0 radical (unpaired) electrons. The molecule has 0 unspecified atom stereocenters. The smallest absolute Gasteiger partial charge is 0.115 e. The monoisotopic (exact) mass is 202 g/mol. The molecule has 4 heteroatoms. The molecule has 4 nitrogen and oxygen atoms in total. The Bertz CT molecular complexity index is 165. The van der Waals surface area contributed by atoms with Crippen LogP contribution >= 0.6 is 0 Å². The SMILES string of the molecule is CCO[C@H]1CO[C@@H]2[C@H]1OC[C@@H]2OCC. The van der Waals surface area contributed by atoms with Gasteiger partial charge in [-0.3, -0.25) is 0 Å². The van der Waals surface area contributed by atoms with Gasteiger partial charge in [-0.15, -0.1) is 0 Å². The van der Waals surface area contributed by atoms with Gasteiger partial charge in [-0.1, -0.05) is 0 Å². The quantitative estimate of drug-likeness (QED) is 0.668. The van der Waals surface area contributed by atoms with Gasteiger partial charge in [0.25, 0.3) is 0 Å². The van der Waals surface area contributed by atoms with Crippen LogP contribution in [0.25, 0.3) is 0 Å². The zero-order valence-electron chi connectivity index (χ0n) is 8.77. The highest BCUT2D eigenvalue weighted by Crippen LogP contribution is 2.30. The van der Waals surface area contributed by atoms with Crippen molar-refractivity contribution in [2.45, 2.75) is 38.3 Å². The molecule has 2 fully saturated rings. The molecule has 2 aliphatic heterocycles. The first-order valence-electron chi connectivity index (χ1n) is 5.33. The van der Waals surface area contributed by atoms with Gasteiger partial charge in [0.05, 0.1) is 13.2 Å². The third-order valence-corrected chi connectivity index (χ3v) is 2.72. The fourth-order valence-corrected chi connectivity index (χ4v) is 2.14. The Kier molecular flexibility index (Phi) is 3.38. The van der Waals surface area contributed by atoms with E-state index in [0.29, 0.717) is 26.4 Å². The van der Waals surface area contributed by atoms with Crippen molar-refractivity contribution >= 4 is 0 Å². The second kappa shape index (κ2) is 4.57. The van der Waals surface area contributed by atoms with Gasteiger partial charge in [0, 0.05) is 13.2 Å². The van der Waals surface area contributed by atoms with Crippen LogP contribution in [0.4, 0.5) is 0 Å². The lowest BCUT2D eigenvalue weighted by atomic mass is 10.1. The van der Waals surface area contributed by atoms with Crippen molar-refractivity contribution in [2.24, 2.45) is 0 Å². The molecule has 0 bridgehead atoms. The molecule has 0 spiro atoms. The molecule has 82 valence electrons. The summed E-state index contributed by atoms with van der Waals surface area (Å²) in [5.74, 6) is 0. The van der Waals surface area contributed by atoms with Crippen LogP contribution in [0.3, 0.4) is 0 Å². The van der Waals surface area contributed by atoms with Crippen LogP contribution in [-0.2, 0) is 18.9 Å². The molecule has 4 atom stereocenters. The summed E-state index contributed by atoms with van der Waals surface area (Å²) in [6, 6.07) is 0. The van der Waals surface area contributed by atoms with E-state index in [2.05, 4.69) is 0 Å². The van der Waals surface area contributed by atoms with Gasteiger partial charge in [0.2, 0.25) is 0 Å². The fourth-order valence-electron chi connectivity index (χ4n) is 2.14. The van der Waals surface area contributed by atoms with Crippen molar-refractivity contribution in [3.05, 3.63) is 0 Å². The van der Waals surface area contributed by atoms with Crippen LogP contribution in [0.1, 0.15) is 13.8 Å². The Morgan fingerprint density at radius 3 is 1.71 bits per heavy atom. The number of ether oxygens (including phenoxy) is 4. The Labute approximate surface area is 84.5 Å². The number of rotatable bonds is 4. The van der Waals surface area contributed by atoms with Crippen molar-refractivity contribution in [3.8, 4) is 0 Å². The predicted molar refractivity (Wildman–Crippen MR) is 50.3 cm³/mol. The largest absolute Gasteiger partial charge is 0.373 e. The number of hydrogen-bond acceptors (Lipinski definition) is 4. The van der Waals surface area contributed by atoms with Crippen LogP contribution in [0.2, 0.25) is 0 Å². The summed E-state index contributed by atoms with van der Waals surface area (Å²) in [6.07, 6.45) is 0.337. The van der Waals surface area contributed by atoms with E-state index in [1.165, 1.54) is 0 Å². The van der Waals surface area contributed by atoms with Crippen LogP contribution in [0, 0.1) is 0 Å². The maximum Gasteiger partial charge on any atom is 0.115 e. The van der Waals surface area contributed by atoms with Crippen molar-refractivity contribution < 1.29 is 18.9 Å². The van der Waals surface area contributed by atoms with Crippen LogP contribution in [0.15, 0.2) is 0 Å². The summed E-state index contributed by atoms with van der Waals surface area (Å²) in [7, 11) is 0. The summed E-state index contributed by atoms with van der Waals surface area (Å²) in [6.45, 7) is 6.66. The minimum atomic E-state index is 0.0755. The lowest BCUT2D eigenvalue weighted by Gasteiger charge is -2.16. The average molecular weight is 202 g/mol. The third-order valence-electron chi connectivity index (χ3n) is 2.72. The zero-order valence-corrected chi connectivity index (χ0v) is 8.77. The highest BCUT2D eigenvalue weighted by Gasteiger charge is 2.48. The summed E-state index contributed by atoms with van der Waals surface area (Å²) < 4.78 is 22.3. The molecule has 0 aromatic carbocycles. The highest BCUT2D eigenvalue weighted by atomic mass is 16.6. The number of fused-ring (bicyclic) bond motifs is 1. The maximum atomic E-state index is 5.63. The molecule has 0 amide bonds. The van der Waals surface area contributed by atoms with Crippen molar-refractivity contribution in [3.63, 3.8) is 0 Å². The van der Waals surface area contributed by atoms with Gasteiger partial charge in [0.1, 0.15) is 24.4 Å². The molecule has 0 N–H and O–H groups in total. The van der Waals surface area contributed by atoms with E-state index in [9.17, 15) is 0 Å². The normalized spacial score (nSPS) is 41.6. The molecule has 2 heterocycles. The van der Waals surface area contributed by atoms with E-state index in [0.717, 1.165) is 0 Å². The first-order chi connectivity index (χ1) is 6.86. The van der Waals surface area contributed by atoms with Gasteiger partial charge in [-0.05, 0) is 13.8 Å². The first kappa shape index (κ1) is 10.4. The number of hydrogen-bond donors (Lipinski definition) is 0. The minimum absolute atomic E-state index is 0.0755. The first-order valence-corrected chi connectivity index (χ1v) is 5.33. The summed E-state index contributed by atoms with van der Waals surface area (Å²) in [4.78, 5) is 0. The van der Waals surface area contributed by atoms with Gasteiger partial charge in [-0.2, -0.15) is 0 Å². The Hall–Kier alpha value is -0.160. The Balaban J connectivity index is 1.90. The van der Waals surface area contributed by atoms with E-state index >= 15 is 0 Å². The molecule has 2 rings (SSSR count). The van der Waals surface area contributed by atoms with Crippen molar-refractivity contribution in [2.75, 3.05) is 26.4 Å². The summed E-state index contributed by atoms with van der Waals surface area (Å²) in [5.41, 5.74) is 0. The lowest BCUT2D eigenvalue weighted by molar-refractivity contribution is -0.0457. The maximum absolute atomic E-state index is 5.63. The van der Waals surface area contributed by atoms with Crippen molar-refractivity contribution in [1.82, 2.24) is 0 Å². The molecule has 2 aliphatic rings. The van der Waals surface area contributed by atoms with E-state index in [1.807, 2.05) is 13.8 Å². The molecule has 0 aromatic heterocycles. The van der Waals surface area contributed by atoms with E-state index < -0.39 is 0 Å². The third kappa shape index (κ3) is 1.80. The van der Waals surface area contributed by atoms with Crippen LogP contribution in [0.5, 0.6) is 0 Å². The Morgan fingerprint density at radius 1 is 0.929 bits per heavy atom. The topological polar surface area (TPSA) is 36.9 Å². The van der Waals surface area contributed by atoms with Gasteiger partial charge in [0.15, 0.2) is 0 Å². The van der Waals surface area contributed by atoms with Crippen LogP contribution < -0.4 is 0 Å². The fraction of sp³-hybridized carbons (Fsp3) is 1.00. The van der Waals surface area contributed by atoms with E-state index in [-0.39, 0.29) is 24.4 Å². The summed E-state index contributed by atoms with van der Waals surface area (Å²) >= 11 is 0. The van der Waals surface area contributed by atoms with Gasteiger partial charge in [-0.25, -0.2) is 0 Å². The second-order valence-electron chi connectivity index (χ2n) is 3.58. The molecule has 0 aliphatic carbocycles. The standard InChI is InChI=1S/C10H18O4/c1-3-11-7-5-13-10-8(12-4-2)6-14-9(7)10/h7-10H,3-6H2,1-2H3/t7-,8-,9-,10-/m0/s1. The molecular formula is C10H18O4. The van der Waals surface area contributed by atoms with Crippen LogP contribution in [-0.4, -0.2) is 50.8 Å². The molecule has 2 saturated heterocycles. The van der Waals surface area contributed by atoms with Gasteiger partial charge >= 0.3 is 0 Å². The predicted octanol–water partition coefficient (Wildman–Crippen LogP) is 0.594. The minimum Gasteiger partial charge on any atom is -0.373 e. The average Bonchev–Trinajstić information content (AvgIpc) is 2.72. The molecular weight excluding hydrogens is 184 g/mol. The van der Waals surface area contributed by atoms with Crippen molar-refractivity contribution in [1.29, 1.82) is 0 Å². The summed E-state index contributed by atoms with van der Waals surface area (Å²) in [5, 5.41) is 0. The molecule has 0 saturated carbocycles. The lowest BCUT2D eigenvalue weighted by Crippen LogP contribution is -2.34. The van der Waals surface area contributed by atoms with E-state index in [4.69, 9.17) is 18.9 Å². The van der Waals surface area contributed by atoms with Gasteiger partial charge < -0.3 is 18.9 Å². The second-order valence-corrected chi connectivity index (χ2v) is 3.58. The molecule has 14 heavy (non-hydrogen) atoms. The van der Waals surface area contributed by atoms with E-state index in [1.54, 1.807) is 0 Å². The Morgan fingerprint density at radius 2 is 1.36 bits per heavy atom. The highest BCUT2D eigenvalue weighted by molar-refractivity contribution is 4.95. The molecule has 0 aromatic rings. The zero-order chi connectivity index (χ0) is 9.97.